The minimum atomic E-state index is 0.620. The Morgan fingerprint density at radius 1 is 1.24 bits per heavy atom. The molecule has 1 aromatic carbocycles. The first-order chi connectivity index (χ1) is 8.06. The SMILES string of the molecule is Cc1cc(C)c(CN2CCN[C@H](C)C2)c(C)c1. The zero-order valence-electron chi connectivity index (χ0n) is 11.5. The maximum atomic E-state index is 3.49. The number of rotatable bonds is 2. The molecule has 0 bridgehead atoms. The van der Waals surface area contributed by atoms with Gasteiger partial charge in [-0.15, -0.1) is 0 Å². The van der Waals surface area contributed by atoms with E-state index >= 15 is 0 Å². The predicted molar refractivity (Wildman–Crippen MR) is 73.4 cm³/mol. The van der Waals surface area contributed by atoms with Crippen molar-refractivity contribution in [2.45, 2.75) is 40.3 Å². The Morgan fingerprint density at radius 3 is 2.47 bits per heavy atom. The molecular weight excluding hydrogens is 208 g/mol. The van der Waals surface area contributed by atoms with Crippen LogP contribution in [0.5, 0.6) is 0 Å². The van der Waals surface area contributed by atoms with E-state index in [1.165, 1.54) is 22.3 Å². The molecule has 0 spiro atoms. The molecule has 2 rings (SSSR count). The summed E-state index contributed by atoms with van der Waals surface area (Å²) in [4.78, 5) is 2.56. The summed E-state index contributed by atoms with van der Waals surface area (Å²) in [5.74, 6) is 0. The number of nitrogens with zero attached hydrogens (tertiary/aromatic N) is 1. The van der Waals surface area contributed by atoms with Crippen molar-refractivity contribution in [3.8, 4) is 0 Å². The normalized spacial score (nSPS) is 21.8. The molecule has 1 heterocycles. The average Bonchev–Trinajstić information content (AvgIpc) is 2.23. The molecule has 1 N–H and O–H groups in total. The zero-order chi connectivity index (χ0) is 12.4. The number of hydrogen-bond donors (Lipinski definition) is 1. The molecule has 0 aliphatic carbocycles. The van der Waals surface area contributed by atoms with Crippen LogP contribution in [0.25, 0.3) is 0 Å². The first-order valence-electron chi connectivity index (χ1n) is 6.58. The second-order valence-electron chi connectivity index (χ2n) is 5.47. The Kier molecular flexibility index (Phi) is 3.85. The van der Waals surface area contributed by atoms with Crippen LogP contribution >= 0.6 is 0 Å². The Morgan fingerprint density at radius 2 is 1.88 bits per heavy atom. The van der Waals surface area contributed by atoms with E-state index in [4.69, 9.17) is 0 Å². The molecule has 2 heteroatoms. The Labute approximate surface area is 105 Å². The number of benzene rings is 1. The van der Waals surface area contributed by atoms with Gasteiger partial charge in [0, 0.05) is 32.2 Å². The highest BCUT2D eigenvalue weighted by Gasteiger charge is 2.17. The first kappa shape index (κ1) is 12.6. The summed E-state index contributed by atoms with van der Waals surface area (Å²) in [7, 11) is 0. The van der Waals surface area contributed by atoms with Gasteiger partial charge in [0.1, 0.15) is 0 Å². The lowest BCUT2D eigenvalue weighted by Gasteiger charge is -2.32. The van der Waals surface area contributed by atoms with Gasteiger partial charge in [0.05, 0.1) is 0 Å². The molecule has 0 aromatic heterocycles. The average molecular weight is 232 g/mol. The molecule has 1 saturated heterocycles. The van der Waals surface area contributed by atoms with Crippen LogP contribution in [0.2, 0.25) is 0 Å². The minimum Gasteiger partial charge on any atom is -0.312 e. The van der Waals surface area contributed by atoms with Crippen LogP contribution in [0, 0.1) is 20.8 Å². The maximum absolute atomic E-state index is 3.49. The van der Waals surface area contributed by atoms with Crippen molar-refractivity contribution < 1.29 is 0 Å². The van der Waals surface area contributed by atoms with Gasteiger partial charge < -0.3 is 5.32 Å². The van der Waals surface area contributed by atoms with E-state index in [9.17, 15) is 0 Å². The standard InChI is InChI=1S/C15H24N2/c1-11-7-12(2)15(13(3)8-11)10-17-6-5-16-14(4)9-17/h7-8,14,16H,5-6,9-10H2,1-4H3/t14-/m1/s1. The number of nitrogens with one attached hydrogen (secondary N) is 1. The zero-order valence-corrected chi connectivity index (χ0v) is 11.5. The van der Waals surface area contributed by atoms with Gasteiger partial charge in [0.15, 0.2) is 0 Å². The molecule has 17 heavy (non-hydrogen) atoms. The van der Waals surface area contributed by atoms with Crippen molar-refractivity contribution >= 4 is 0 Å². The molecule has 0 radical (unpaired) electrons. The van der Waals surface area contributed by atoms with Crippen LogP contribution in [0.15, 0.2) is 12.1 Å². The van der Waals surface area contributed by atoms with Crippen LogP contribution < -0.4 is 5.32 Å². The third kappa shape index (κ3) is 3.08. The Hall–Kier alpha value is -0.860. The van der Waals surface area contributed by atoms with Gasteiger partial charge in [-0.2, -0.15) is 0 Å². The molecule has 1 aromatic rings. The second-order valence-corrected chi connectivity index (χ2v) is 5.47. The molecule has 0 amide bonds. The molecule has 0 saturated carbocycles. The Bertz CT molecular complexity index is 375. The quantitative estimate of drug-likeness (QED) is 0.842. The van der Waals surface area contributed by atoms with Crippen molar-refractivity contribution in [1.82, 2.24) is 10.2 Å². The summed E-state index contributed by atoms with van der Waals surface area (Å²) in [5.41, 5.74) is 5.77. The molecule has 94 valence electrons. The second kappa shape index (κ2) is 5.19. The predicted octanol–water partition coefficient (Wildman–Crippen LogP) is 2.41. The first-order valence-corrected chi connectivity index (χ1v) is 6.58. The van der Waals surface area contributed by atoms with Crippen molar-refractivity contribution in [2.24, 2.45) is 0 Å². The fourth-order valence-electron chi connectivity index (χ4n) is 2.84. The number of hydrogen-bond acceptors (Lipinski definition) is 2. The third-order valence-corrected chi connectivity index (χ3v) is 3.67. The summed E-state index contributed by atoms with van der Waals surface area (Å²) in [5, 5.41) is 3.49. The smallest absolute Gasteiger partial charge is 0.0240 e. The lowest BCUT2D eigenvalue weighted by Crippen LogP contribution is -2.48. The van der Waals surface area contributed by atoms with E-state index in [-0.39, 0.29) is 0 Å². The fourth-order valence-corrected chi connectivity index (χ4v) is 2.84. The van der Waals surface area contributed by atoms with E-state index in [0.717, 1.165) is 26.2 Å². The summed E-state index contributed by atoms with van der Waals surface area (Å²) in [6, 6.07) is 5.22. The van der Waals surface area contributed by atoms with Gasteiger partial charge in [0.2, 0.25) is 0 Å². The van der Waals surface area contributed by atoms with Gasteiger partial charge in [-0.05, 0) is 44.4 Å². The summed E-state index contributed by atoms with van der Waals surface area (Å²) >= 11 is 0. The van der Waals surface area contributed by atoms with Gasteiger partial charge in [-0.3, -0.25) is 4.90 Å². The van der Waals surface area contributed by atoms with Crippen molar-refractivity contribution in [2.75, 3.05) is 19.6 Å². The lowest BCUT2D eigenvalue weighted by atomic mass is 9.99. The maximum Gasteiger partial charge on any atom is 0.0240 e. The van der Waals surface area contributed by atoms with E-state index in [1.807, 2.05) is 0 Å². The summed E-state index contributed by atoms with van der Waals surface area (Å²) < 4.78 is 0. The molecule has 1 aliphatic heterocycles. The van der Waals surface area contributed by atoms with Gasteiger partial charge in [0.25, 0.3) is 0 Å². The van der Waals surface area contributed by atoms with Gasteiger partial charge in [-0.1, -0.05) is 17.7 Å². The van der Waals surface area contributed by atoms with Gasteiger partial charge >= 0.3 is 0 Å². The molecule has 0 unspecified atom stereocenters. The molecular formula is C15H24N2. The monoisotopic (exact) mass is 232 g/mol. The van der Waals surface area contributed by atoms with Crippen LogP contribution in [0.4, 0.5) is 0 Å². The van der Waals surface area contributed by atoms with Crippen LogP contribution in [0.1, 0.15) is 29.2 Å². The Balaban J connectivity index is 2.12. The van der Waals surface area contributed by atoms with E-state index in [2.05, 4.69) is 50.0 Å². The van der Waals surface area contributed by atoms with Crippen molar-refractivity contribution in [3.63, 3.8) is 0 Å². The van der Waals surface area contributed by atoms with Crippen LogP contribution in [0.3, 0.4) is 0 Å². The van der Waals surface area contributed by atoms with E-state index in [0.29, 0.717) is 6.04 Å². The molecule has 1 aliphatic rings. The molecule has 1 fully saturated rings. The fraction of sp³-hybridized carbons (Fsp3) is 0.600. The van der Waals surface area contributed by atoms with E-state index < -0.39 is 0 Å². The summed E-state index contributed by atoms with van der Waals surface area (Å²) in [6.07, 6.45) is 0. The van der Waals surface area contributed by atoms with Crippen LogP contribution in [-0.2, 0) is 6.54 Å². The highest BCUT2D eigenvalue weighted by Crippen LogP contribution is 2.19. The molecule has 2 nitrogen and oxygen atoms in total. The number of aryl methyl sites for hydroxylation is 3. The van der Waals surface area contributed by atoms with Crippen LogP contribution in [-0.4, -0.2) is 30.6 Å². The largest absolute Gasteiger partial charge is 0.312 e. The molecule has 1 atom stereocenters. The highest BCUT2D eigenvalue weighted by atomic mass is 15.2. The number of piperazine rings is 1. The third-order valence-electron chi connectivity index (χ3n) is 3.67. The summed E-state index contributed by atoms with van der Waals surface area (Å²) in [6.45, 7) is 13.5. The van der Waals surface area contributed by atoms with Gasteiger partial charge in [-0.25, -0.2) is 0 Å². The van der Waals surface area contributed by atoms with E-state index in [1.54, 1.807) is 0 Å². The highest BCUT2D eigenvalue weighted by molar-refractivity contribution is 5.37. The lowest BCUT2D eigenvalue weighted by molar-refractivity contribution is 0.199. The topological polar surface area (TPSA) is 15.3 Å². The minimum absolute atomic E-state index is 0.620. The van der Waals surface area contributed by atoms with Crippen molar-refractivity contribution in [1.29, 1.82) is 0 Å². The van der Waals surface area contributed by atoms with Crippen molar-refractivity contribution in [3.05, 3.63) is 34.4 Å².